The number of carbonyl (C=O) groups is 1. The van der Waals surface area contributed by atoms with E-state index < -0.39 is 11.5 Å². The standard InChI is InChI=1S/C12H16N2O2/c13-7-8-14-12(11(15)16)6-5-9-3-1-2-4-10(9)12/h1-4,14H,5-8,13H2,(H,15,16). The minimum absolute atomic E-state index is 0.442. The van der Waals surface area contributed by atoms with Crippen LogP contribution in [-0.4, -0.2) is 24.2 Å². The summed E-state index contributed by atoms with van der Waals surface area (Å²) >= 11 is 0. The van der Waals surface area contributed by atoms with Crippen LogP contribution in [-0.2, 0) is 16.8 Å². The van der Waals surface area contributed by atoms with Gasteiger partial charge in [-0.25, -0.2) is 4.79 Å². The van der Waals surface area contributed by atoms with Gasteiger partial charge in [0, 0.05) is 13.1 Å². The third-order valence-electron chi connectivity index (χ3n) is 3.18. The molecule has 86 valence electrons. The highest BCUT2D eigenvalue weighted by molar-refractivity contribution is 5.82. The van der Waals surface area contributed by atoms with E-state index in [0.29, 0.717) is 19.5 Å². The van der Waals surface area contributed by atoms with Gasteiger partial charge in [-0.3, -0.25) is 5.32 Å². The molecule has 4 nitrogen and oxygen atoms in total. The van der Waals surface area contributed by atoms with Gasteiger partial charge in [0.15, 0.2) is 0 Å². The second-order valence-corrected chi connectivity index (χ2v) is 4.08. The number of nitrogens with two attached hydrogens (primary N) is 1. The number of hydrogen-bond donors (Lipinski definition) is 3. The molecule has 0 aromatic heterocycles. The number of benzene rings is 1. The van der Waals surface area contributed by atoms with Gasteiger partial charge in [-0.1, -0.05) is 24.3 Å². The van der Waals surface area contributed by atoms with Crippen molar-refractivity contribution in [3.8, 4) is 0 Å². The monoisotopic (exact) mass is 220 g/mol. The average molecular weight is 220 g/mol. The molecule has 4 heteroatoms. The Balaban J connectivity index is 2.39. The molecule has 0 radical (unpaired) electrons. The summed E-state index contributed by atoms with van der Waals surface area (Å²) in [6.07, 6.45) is 1.40. The SMILES string of the molecule is NCCNC1(C(=O)O)CCc2ccccc21. The zero-order chi connectivity index (χ0) is 11.6. The van der Waals surface area contributed by atoms with Crippen molar-refractivity contribution in [2.75, 3.05) is 13.1 Å². The zero-order valence-electron chi connectivity index (χ0n) is 9.07. The van der Waals surface area contributed by atoms with Crippen LogP contribution in [0.15, 0.2) is 24.3 Å². The van der Waals surface area contributed by atoms with Crippen LogP contribution in [0.25, 0.3) is 0 Å². The van der Waals surface area contributed by atoms with Crippen molar-refractivity contribution < 1.29 is 9.90 Å². The average Bonchev–Trinajstić information content (AvgIpc) is 2.67. The number of hydrogen-bond acceptors (Lipinski definition) is 3. The number of fused-ring (bicyclic) bond motifs is 1. The smallest absolute Gasteiger partial charge is 0.328 e. The summed E-state index contributed by atoms with van der Waals surface area (Å²) in [5.41, 5.74) is 6.50. The van der Waals surface area contributed by atoms with Gasteiger partial charge in [0.2, 0.25) is 0 Å². The molecule has 0 bridgehead atoms. The first-order valence-electron chi connectivity index (χ1n) is 5.47. The Bertz CT molecular complexity index is 406. The number of aryl methyl sites for hydroxylation is 1. The van der Waals surface area contributed by atoms with Gasteiger partial charge in [0.25, 0.3) is 0 Å². The molecule has 0 fully saturated rings. The Morgan fingerprint density at radius 3 is 2.94 bits per heavy atom. The van der Waals surface area contributed by atoms with Crippen LogP contribution in [0.1, 0.15) is 17.5 Å². The molecular formula is C12H16N2O2. The first-order valence-corrected chi connectivity index (χ1v) is 5.47. The van der Waals surface area contributed by atoms with Gasteiger partial charge in [0.1, 0.15) is 5.54 Å². The Morgan fingerprint density at radius 2 is 2.25 bits per heavy atom. The fraction of sp³-hybridized carbons (Fsp3) is 0.417. The molecular weight excluding hydrogens is 204 g/mol. The summed E-state index contributed by atoms with van der Waals surface area (Å²) in [5, 5.41) is 12.5. The number of carboxylic acids is 1. The molecule has 0 spiro atoms. The molecule has 1 atom stereocenters. The molecule has 1 unspecified atom stereocenters. The molecule has 1 aromatic carbocycles. The van der Waals surface area contributed by atoms with E-state index in [0.717, 1.165) is 17.5 Å². The minimum atomic E-state index is -0.935. The summed E-state index contributed by atoms with van der Waals surface area (Å²) in [4.78, 5) is 11.5. The Kier molecular flexibility index (Phi) is 2.94. The van der Waals surface area contributed by atoms with Crippen molar-refractivity contribution in [1.29, 1.82) is 0 Å². The van der Waals surface area contributed by atoms with Gasteiger partial charge in [-0.15, -0.1) is 0 Å². The summed E-state index contributed by atoms with van der Waals surface area (Å²) in [5.74, 6) is -0.814. The lowest BCUT2D eigenvalue weighted by molar-refractivity contribution is -0.145. The van der Waals surface area contributed by atoms with E-state index in [4.69, 9.17) is 5.73 Å². The number of aliphatic carboxylic acids is 1. The maximum Gasteiger partial charge on any atom is 0.328 e. The quantitative estimate of drug-likeness (QED) is 0.689. The lowest BCUT2D eigenvalue weighted by Gasteiger charge is -2.26. The van der Waals surface area contributed by atoms with Crippen LogP contribution >= 0.6 is 0 Å². The molecule has 4 N–H and O–H groups in total. The highest BCUT2D eigenvalue weighted by atomic mass is 16.4. The van der Waals surface area contributed by atoms with Crippen LogP contribution in [0.5, 0.6) is 0 Å². The summed E-state index contributed by atoms with van der Waals surface area (Å²) < 4.78 is 0. The predicted molar refractivity (Wildman–Crippen MR) is 61.1 cm³/mol. The van der Waals surface area contributed by atoms with Gasteiger partial charge >= 0.3 is 5.97 Å². The molecule has 0 heterocycles. The Hall–Kier alpha value is -1.39. The first kappa shape index (κ1) is 11.1. The molecule has 0 aliphatic heterocycles. The van der Waals surface area contributed by atoms with E-state index in [1.54, 1.807) is 0 Å². The molecule has 0 saturated carbocycles. The van der Waals surface area contributed by atoms with Crippen molar-refractivity contribution in [3.63, 3.8) is 0 Å². The third kappa shape index (κ3) is 1.60. The van der Waals surface area contributed by atoms with Crippen molar-refractivity contribution in [1.82, 2.24) is 5.32 Å². The Morgan fingerprint density at radius 1 is 1.50 bits per heavy atom. The lowest BCUT2D eigenvalue weighted by Crippen LogP contribution is -2.49. The second-order valence-electron chi connectivity index (χ2n) is 4.08. The van der Waals surface area contributed by atoms with Crippen molar-refractivity contribution in [3.05, 3.63) is 35.4 Å². The maximum atomic E-state index is 11.5. The van der Waals surface area contributed by atoms with E-state index in [2.05, 4.69) is 5.32 Å². The molecule has 16 heavy (non-hydrogen) atoms. The molecule has 2 rings (SSSR count). The van der Waals surface area contributed by atoms with Gasteiger partial charge in [-0.2, -0.15) is 0 Å². The van der Waals surface area contributed by atoms with E-state index in [-0.39, 0.29) is 0 Å². The maximum absolute atomic E-state index is 11.5. The van der Waals surface area contributed by atoms with Crippen molar-refractivity contribution in [2.45, 2.75) is 18.4 Å². The van der Waals surface area contributed by atoms with Crippen LogP contribution < -0.4 is 11.1 Å². The van der Waals surface area contributed by atoms with Crippen molar-refractivity contribution >= 4 is 5.97 Å². The van der Waals surface area contributed by atoms with E-state index in [9.17, 15) is 9.90 Å². The molecule has 0 saturated heterocycles. The molecule has 1 aromatic rings. The largest absolute Gasteiger partial charge is 0.480 e. The molecule has 0 amide bonds. The highest BCUT2D eigenvalue weighted by Gasteiger charge is 2.44. The predicted octanol–water partition coefficient (Wildman–Crippen LogP) is 0.461. The van der Waals surface area contributed by atoms with E-state index >= 15 is 0 Å². The highest BCUT2D eigenvalue weighted by Crippen LogP contribution is 2.36. The van der Waals surface area contributed by atoms with Gasteiger partial charge in [0.05, 0.1) is 0 Å². The van der Waals surface area contributed by atoms with Crippen molar-refractivity contribution in [2.24, 2.45) is 5.73 Å². The fourth-order valence-electron chi connectivity index (χ4n) is 2.38. The minimum Gasteiger partial charge on any atom is -0.480 e. The summed E-state index contributed by atoms with van der Waals surface area (Å²) in [7, 11) is 0. The first-order chi connectivity index (χ1) is 7.70. The third-order valence-corrected chi connectivity index (χ3v) is 3.18. The molecule has 1 aliphatic carbocycles. The topological polar surface area (TPSA) is 75.3 Å². The second kappa shape index (κ2) is 4.23. The number of rotatable bonds is 4. The van der Waals surface area contributed by atoms with Crippen LogP contribution in [0.3, 0.4) is 0 Å². The summed E-state index contributed by atoms with van der Waals surface area (Å²) in [6, 6.07) is 7.70. The lowest BCUT2D eigenvalue weighted by atomic mass is 9.92. The van der Waals surface area contributed by atoms with E-state index in [1.165, 1.54) is 0 Å². The normalized spacial score (nSPS) is 23.1. The van der Waals surface area contributed by atoms with Gasteiger partial charge in [-0.05, 0) is 24.0 Å². The summed E-state index contributed by atoms with van der Waals surface area (Å²) in [6.45, 7) is 0.956. The Labute approximate surface area is 94.5 Å². The van der Waals surface area contributed by atoms with Crippen LogP contribution in [0.4, 0.5) is 0 Å². The number of nitrogens with one attached hydrogen (secondary N) is 1. The fourth-order valence-corrected chi connectivity index (χ4v) is 2.38. The van der Waals surface area contributed by atoms with Crippen LogP contribution in [0, 0.1) is 0 Å². The van der Waals surface area contributed by atoms with Gasteiger partial charge < -0.3 is 10.8 Å². The zero-order valence-corrected chi connectivity index (χ0v) is 9.07. The number of carboxylic acid groups (broad SMARTS) is 1. The molecule has 1 aliphatic rings. The van der Waals surface area contributed by atoms with Crippen LogP contribution in [0.2, 0.25) is 0 Å². The van der Waals surface area contributed by atoms with E-state index in [1.807, 2.05) is 24.3 Å².